The highest BCUT2D eigenvalue weighted by molar-refractivity contribution is 6.01. The second kappa shape index (κ2) is 8.54. The monoisotopic (exact) mass is 367 g/mol. The van der Waals surface area contributed by atoms with Crippen molar-refractivity contribution in [2.75, 3.05) is 37.7 Å². The van der Waals surface area contributed by atoms with Gasteiger partial charge in [0.25, 0.3) is 0 Å². The van der Waals surface area contributed by atoms with Crippen molar-refractivity contribution in [1.29, 1.82) is 0 Å². The zero-order chi connectivity index (χ0) is 17.1. The molecule has 0 radical (unpaired) electrons. The van der Waals surface area contributed by atoms with Gasteiger partial charge in [0.1, 0.15) is 5.75 Å². The van der Waals surface area contributed by atoms with E-state index in [4.69, 9.17) is 4.74 Å². The number of halogens is 1. The largest absolute Gasteiger partial charge is 0.494 e. The van der Waals surface area contributed by atoms with Crippen molar-refractivity contribution in [2.24, 2.45) is 5.92 Å². The molecule has 25 heavy (non-hydrogen) atoms. The molecule has 2 aliphatic rings. The van der Waals surface area contributed by atoms with E-state index in [1.165, 1.54) is 0 Å². The van der Waals surface area contributed by atoms with Gasteiger partial charge in [-0.15, -0.1) is 12.4 Å². The molecule has 1 aromatic rings. The van der Waals surface area contributed by atoms with E-state index in [9.17, 15) is 9.59 Å². The fourth-order valence-electron chi connectivity index (χ4n) is 3.53. The van der Waals surface area contributed by atoms with Crippen molar-refractivity contribution in [3.05, 3.63) is 24.3 Å². The third-order valence-corrected chi connectivity index (χ3v) is 4.82. The van der Waals surface area contributed by atoms with Crippen LogP contribution in [0.4, 0.5) is 5.69 Å². The Morgan fingerprint density at radius 1 is 1.24 bits per heavy atom. The molecular weight excluding hydrogens is 342 g/mol. The van der Waals surface area contributed by atoms with Crippen LogP contribution in [0.3, 0.4) is 0 Å². The molecule has 0 saturated carbocycles. The van der Waals surface area contributed by atoms with Crippen molar-refractivity contribution in [1.82, 2.24) is 10.2 Å². The summed E-state index contributed by atoms with van der Waals surface area (Å²) in [6.45, 7) is 7.60. The van der Waals surface area contributed by atoms with E-state index in [2.05, 4.69) is 5.32 Å². The summed E-state index contributed by atoms with van der Waals surface area (Å²) < 4.78 is 5.45. The highest BCUT2D eigenvalue weighted by atomic mass is 35.5. The van der Waals surface area contributed by atoms with Gasteiger partial charge >= 0.3 is 0 Å². The first kappa shape index (κ1) is 19.5. The lowest BCUT2D eigenvalue weighted by molar-refractivity contribution is -0.136. The minimum atomic E-state index is -0.262. The summed E-state index contributed by atoms with van der Waals surface area (Å²) in [6, 6.07) is 7.38. The second-order valence-electron chi connectivity index (χ2n) is 6.32. The van der Waals surface area contributed by atoms with Crippen molar-refractivity contribution in [3.8, 4) is 5.75 Å². The van der Waals surface area contributed by atoms with Gasteiger partial charge in [0.2, 0.25) is 11.8 Å². The summed E-state index contributed by atoms with van der Waals surface area (Å²) in [6.07, 6.45) is 0.289. The van der Waals surface area contributed by atoms with Crippen LogP contribution >= 0.6 is 12.4 Å². The molecule has 2 saturated heterocycles. The standard InChI is InChI=1S/C18H25N3O3.ClH/c1-3-24-15-6-4-14(5-7-15)21-13(2)16(12-17(21)22)18(23)20-10-8-19-9-11-20;/h4-7,13,16,19H,3,8-12H2,1-2H3;1H. The molecule has 7 heteroatoms. The summed E-state index contributed by atoms with van der Waals surface area (Å²) >= 11 is 0. The fourth-order valence-corrected chi connectivity index (χ4v) is 3.53. The molecule has 138 valence electrons. The van der Waals surface area contributed by atoms with E-state index in [1.54, 1.807) is 4.90 Å². The zero-order valence-electron chi connectivity index (χ0n) is 14.7. The van der Waals surface area contributed by atoms with Crippen molar-refractivity contribution in [2.45, 2.75) is 26.3 Å². The topological polar surface area (TPSA) is 61.9 Å². The van der Waals surface area contributed by atoms with Gasteiger partial charge in [0.05, 0.1) is 12.5 Å². The lowest BCUT2D eigenvalue weighted by Gasteiger charge is -2.31. The highest BCUT2D eigenvalue weighted by Crippen LogP contribution is 2.33. The smallest absolute Gasteiger partial charge is 0.228 e. The summed E-state index contributed by atoms with van der Waals surface area (Å²) in [5, 5.41) is 3.25. The Kier molecular flexibility index (Phi) is 6.67. The number of ether oxygens (including phenoxy) is 1. The van der Waals surface area contributed by atoms with Crippen LogP contribution in [0.1, 0.15) is 20.3 Å². The molecule has 2 heterocycles. The summed E-state index contributed by atoms with van der Waals surface area (Å²) in [7, 11) is 0. The van der Waals surface area contributed by atoms with Crippen LogP contribution in [0.2, 0.25) is 0 Å². The Morgan fingerprint density at radius 3 is 2.48 bits per heavy atom. The third-order valence-electron chi connectivity index (χ3n) is 4.82. The molecule has 2 aliphatic heterocycles. The number of nitrogens with one attached hydrogen (secondary N) is 1. The number of hydrogen-bond acceptors (Lipinski definition) is 4. The number of carbonyl (C=O) groups is 2. The lowest BCUT2D eigenvalue weighted by atomic mass is 9.99. The van der Waals surface area contributed by atoms with Crippen LogP contribution in [0, 0.1) is 5.92 Å². The van der Waals surface area contributed by atoms with Gasteiger partial charge in [-0.2, -0.15) is 0 Å². The van der Waals surface area contributed by atoms with Gasteiger partial charge in [0.15, 0.2) is 0 Å². The van der Waals surface area contributed by atoms with Crippen molar-refractivity contribution < 1.29 is 14.3 Å². The van der Waals surface area contributed by atoms with Crippen molar-refractivity contribution >= 4 is 29.9 Å². The molecule has 1 N–H and O–H groups in total. The van der Waals surface area contributed by atoms with Crippen LogP contribution in [-0.4, -0.2) is 55.5 Å². The number of hydrogen-bond donors (Lipinski definition) is 1. The van der Waals surface area contributed by atoms with Gasteiger partial charge < -0.3 is 19.9 Å². The SMILES string of the molecule is CCOc1ccc(N2C(=O)CC(C(=O)N3CCNCC3)C2C)cc1.Cl. The first-order valence-electron chi connectivity index (χ1n) is 8.66. The quantitative estimate of drug-likeness (QED) is 0.879. The first-order chi connectivity index (χ1) is 11.6. The molecule has 1 aromatic carbocycles. The molecule has 0 aromatic heterocycles. The normalized spacial score (nSPS) is 23.4. The molecule has 0 aliphatic carbocycles. The maximum atomic E-state index is 12.8. The molecule has 3 rings (SSSR count). The van der Waals surface area contributed by atoms with Crippen LogP contribution in [0.5, 0.6) is 5.75 Å². The first-order valence-corrected chi connectivity index (χ1v) is 8.66. The highest BCUT2D eigenvalue weighted by Gasteiger charge is 2.43. The predicted molar refractivity (Wildman–Crippen MR) is 99.4 cm³/mol. The summed E-state index contributed by atoms with van der Waals surface area (Å²) in [5.74, 6) is 0.641. The van der Waals surface area contributed by atoms with Crippen LogP contribution < -0.4 is 15.0 Å². The number of piperazine rings is 1. The third kappa shape index (κ3) is 4.07. The molecular formula is C18H26ClN3O3. The Hall–Kier alpha value is -1.79. The van der Waals surface area contributed by atoms with Gasteiger partial charge in [-0.3, -0.25) is 9.59 Å². The van der Waals surface area contributed by atoms with Crippen molar-refractivity contribution in [3.63, 3.8) is 0 Å². The molecule has 2 unspecified atom stereocenters. The number of nitrogens with zero attached hydrogens (tertiary/aromatic N) is 2. The van der Waals surface area contributed by atoms with Crippen LogP contribution in [0.25, 0.3) is 0 Å². The lowest BCUT2D eigenvalue weighted by Crippen LogP contribution is -2.50. The zero-order valence-corrected chi connectivity index (χ0v) is 15.6. The predicted octanol–water partition coefficient (Wildman–Crippen LogP) is 1.68. The molecule has 0 spiro atoms. The van der Waals surface area contributed by atoms with E-state index in [0.29, 0.717) is 6.61 Å². The second-order valence-corrected chi connectivity index (χ2v) is 6.32. The van der Waals surface area contributed by atoms with E-state index in [1.807, 2.05) is 43.0 Å². The molecule has 2 fully saturated rings. The minimum absolute atomic E-state index is 0. The maximum absolute atomic E-state index is 12.8. The minimum Gasteiger partial charge on any atom is -0.494 e. The number of benzene rings is 1. The Bertz CT molecular complexity index is 602. The van der Waals surface area contributed by atoms with E-state index < -0.39 is 0 Å². The van der Waals surface area contributed by atoms with Crippen LogP contribution in [0.15, 0.2) is 24.3 Å². The van der Waals surface area contributed by atoms with Gasteiger partial charge in [0, 0.05) is 44.3 Å². The summed E-state index contributed by atoms with van der Waals surface area (Å²) in [5.41, 5.74) is 0.826. The summed E-state index contributed by atoms with van der Waals surface area (Å²) in [4.78, 5) is 28.9. The van der Waals surface area contributed by atoms with Crippen LogP contribution in [-0.2, 0) is 9.59 Å². The Labute approximate surface area is 154 Å². The van der Waals surface area contributed by atoms with E-state index in [-0.39, 0.29) is 42.6 Å². The van der Waals surface area contributed by atoms with E-state index >= 15 is 0 Å². The average molecular weight is 368 g/mol. The van der Waals surface area contributed by atoms with E-state index in [0.717, 1.165) is 37.6 Å². The molecule has 2 atom stereocenters. The molecule has 6 nitrogen and oxygen atoms in total. The van der Waals surface area contributed by atoms with Gasteiger partial charge in [-0.25, -0.2) is 0 Å². The number of amides is 2. The average Bonchev–Trinajstić information content (AvgIpc) is 2.91. The van der Waals surface area contributed by atoms with Gasteiger partial charge in [-0.05, 0) is 38.1 Å². The van der Waals surface area contributed by atoms with Gasteiger partial charge in [-0.1, -0.05) is 0 Å². The maximum Gasteiger partial charge on any atom is 0.228 e. The number of rotatable bonds is 4. The molecule has 2 amide bonds. The fraction of sp³-hybridized carbons (Fsp3) is 0.556. The Balaban J connectivity index is 0.00000225. The Morgan fingerprint density at radius 2 is 1.88 bits per heavy atom. The number of carbonyl (C=O) groups excluding carboxylic acids is 2. The molecule has 0 bridgehead atoms. The number of anilines is 1.